The summed E-state index contributed by atoms with van der Waals surface area (Å²) in [5.41, 5.74) is 1.62. The number of hydrogen-bond donors (Lipinski definition) is 1. The second kappa shape index (κ2) is 14.2. The molecule has 0 aliphatic carbocycles. The van der Waals surface area contributed by atoms with Crippen molar-refractivity contribution < 1.29 is 31.9 Å². The quantitative estimate of drug-likeness (QED) is 0.306. The number of nitrogens with zero attached hydrogens (tertiary/aromatic N) is 2. The van der Waals surface area contributed by atoms with Crippen LogP contribution in [0.2, 0.25) is 0 Å². The fraction of sp³-hybridized carbons (Fsp3) is 0.355. The number of halogens is 1. The summed E-state index contributed by atoms with van der Waals surface area (Å²) in [7, 11) is -1.37. The van der Waals surface area contributed by atoms with Gasteiger partial charge in [0.25, 0.3) is 10.0 Å². The van der Waals surface area contributed by atoms with Gasteiger partial charge in [0, 0.05) is 18.7 Å². The number of anilines is 1. The van der Waals surface area contributed by atoms with Crippen molar-refractivity contribution in [2.75, 3.05) is 25.1 Å². The first-order valence-electron chi connectivity index (χ1n) is 13.6. The highest BCUT2D eigenvalue weighted by molar-refractivity contribution is 7.92. The lowest BCUT2D eigenvalue weighted by Gasteiger charge is -2.33. The highest BCUT2D eigenvalue weighted by Crippen LogP contribution is 2.34. The molecule has 0 aliphatic heterocycles. The Morgan fingerprint density at radius 3 is 2.10 bits per heavy atom. The van der Waals surface area contributed by atoms with Crippen molar-refractivity contribution in [3.8, 4) is 11.5 Å². The van der Waals surface area contributed by atoms with Crippen LogP contribution in [0.1, 0.15) is 38.3 Å². The van der Waals surface area contributed by atoms with Gasteiger partial charge in [-0.25, -0.2) is 12.8 Å². The van der Waals surface area contributed by atoms with Crippen molar-refractivity contribution in [2.24, 2.45) is 0 Å². The van der Waals surface area contributed by atoms with Crippen LogP contribution in [0.3, 0.4) is 0 Å². The van der Waals surface area contributed by atoms with Crippen LogP contribution in [0.25, 0.3) is 0 Å². The molecule has 0 saturated heterocycles. The summed E-state index contributed by atoms with van der Waals surface area (Å²) in [5.74, 6) is -0.769. The number of hydrogen-bond acceptors (Lipinski definition) is 6. The van der Waals surface area contributed by atoms with E-state index in [0.717, 1.165) is 9.87 Å². The van der Waals surface area contributed by atoms with Gasteiger partial charge in [0.2, 0.25) is 11.8 Å². The monoisotopic (exact) mass is 599 g/mol. The molecule has 1 atom stereocenters. The largest absolute Gasteiger partial charge is 0.493 e. The lowest BCUT2D eigenvalue weighted by molar-refractivity contribution is -0.140. The average molecular weight is 600 g/mol. The van der Waals surface area contributed by atoms with Crippen LogP contribution in [-0.2, 0) is 26.2 Å². The molecule has 3 aromatic carbocycles. The van der Waals surface area contributed by atoms with Gasteiger partial charge in [-0.05, 0) is 69.2 Å². The Morgan fingerprint density at radius 1 is 0.929 bits per heavy atom. The van der Waals surface area contributed by atoms with E-state index in [0.29, 0.717) is 11.3 Å². The Labute approximate surface area is 247 Å². The Balaban J connectivity index is 2.12. The number of ether oxygens (including phenoxy) is 2. The van der Waals surface area contributed by atoms with E-state index in [-0.39, 0.29) is 41.2 Å². The molecule has 0 heterocycles. The van der Waals surface area contributed by atoms with Crippen molar-refractivity contribution in [3.05, 3.63) is 83.7 Å². The van der Waals surface area contributed by atoms with Crippen LogP contribution < -0.4 is 19.1 Å². The zero-order valence-corrected chi connectivity index (χ0v) is 25.6. The topological polar surface area (TPSA) is 105 Å². The molecule has 226 valence electrons. The van der Waals surface area contributed by atoms with Crippen molar-refractivity contribution >= 4 is 27.5 Å². The van der Waals surface area contributed by atoms with E-state index in [1.165, 1.54) is 67.7 Å². The van der Waals surface area contributed by atoms with Crippen molar-refractivity contribution in [2.45, 2.75) is 57.6 Å². The molecule has 11 heteroatoms. The van der Waals surface area contributed by atoms with E-state index in [2.05, 4.69) is 5.32 Å². The van der Waals surface area contributed by atoms with E-state index < -0.39 is 34.3 Å². The van der Waals surface area contributed by atoms with Crippen LogP contribution in [0.5, 0.6) is 11.5 Å². The molecule has 0 aliphatic rings. The van der Waals surface area contributed by atoms with Gasteiger partial charge < -0.3 is 19.7 Å². The van der Waals surface area contributed by atoms with E-state index >= 15 is 0 Å². The van der Waals surface area contributed by atoms with Gasteiger partial charge in [0.05, 0.1) is 24.8 Å². The standard InChI is InChI=1S/C31H38FN3O6S/c1-7-27(31(37)33-21(2)3)34(19-23-10-12-24(32)13-11-23)30(36)20-35(25-14-17-28(40-5)29(18-25)41-6)42(38,39)26-15-8-22(4)9-16-26/h8-18,21,27H,7,19-20H2,1-6H3,(H,33,37)/t27-/m0/s1. The fourth-order valence-electron chi connectivity index (χ4n) is 4.43. The van der Waals surface area contributed by atoms with Gasteiger partial charge in [-0.15, -0.1) is 0 Å². The number of methoxy groups -OCH3 is 2. The molecule has 0 radical (unpaired) electrons. The van der Waals surface area contributed by atoms with Crippen LogP contribution in [0, 0.1) is 12.7 Å². The lowest BCUT2D eigenvalue weighted by Crippen LogP contribution is -2.53. The van der Waals surface area contributed by atoms with Crippen LogP contribution >= 0.6 is 0 Å². The van der Waals surface area contributed by atoms with Crippen molar-refractivity contribution in [3.63, 3.8) is 0 Å². The van der Waals surface area contributed by atoms with Gasteiger partial charge in [-0.3, -0.25) is 13.9 Å². The zero-order chi connectivity index (χ0) is 31.0. The molecule has 42 heavy (non-hydrogen) atoms. The van der Waals surface area contributed by atoms with Gasteiger partial charge in [0.1, 0.15) is 18.4 Å². The first-order chi connectivity index (χ1) is 19.9. The molecule has 3 aromatic rings. The van der Waals surface area contributed by atoms with E-state index in [4.69, 9.17) is 9.47 Å². The minimum absolute atomic E-state index is 0.00892. The Kier molecular flexibility index (Phi) is 10.9. The maximum absolute atomic E-state index is 14.1. The van der Waals surface area contributed by atoms with Gasteiger partial charge >= 0.3 is 0 Å². The zero-order valence-electron chi connectivity index (χ0n) is 24.8. The molecule has 0 bridgehead atoms. The number of aryl methyl sites for hydroxylation is 1. The summed E-state index contributed by atoms with van der Waals surface area (Å²) in [6.45, 7) is 6.58. The van der Waals surface area contributed by atoms with E-state index in [9.17, 15) is 22.4 Å². The summed E-state index contributed by atoms with van der Waals surface area (Å²) in [4.78, 5) is 28.6. The van der Waals surface area contributed by atoms with E-state index in [1.807, 2.05) is 20.8 Å². The average Bonchev–Trinajstić information content (AvgIpc) is 2.96. The third-order valence-electron chi connectivity index (χ3n) is 6.63. The highest BCUT2D eigenvalue weighted by atomic mass is 32.2. The molecule has 0 unspecified atom stereocenters. The number of amides is 2. The van der Waals surface area contributed by atoms with Crippen molar-refractivity contribution in [1.29, 1.82) is 0 Å². The number of benzene rings is 3. The van der Waals surface area contributed by atoms with E-state index in [1.54, 1.807) is 25.1 Å². The van der Waals surface area contributed by atoms with Crippen LogP contribution in [0.15, 0.2) is 71.6 Å². The number of sulfonamides is 1. The SMILES string of the molecule is CC[C@@H](C(=O)NC(C)C)N(Cc1ccc(F)cc1)C(=O)CN(c1ccc(OC)c(OC)c1)S(=O)(=O)c1ccc(C)cc1. The molecule has 0 saturated carbocycles. The summed E-state index contributed by atoms with van der Waals surface area (Å²) < 4.78 is 53.4. The number of rotatable bonds is 13. The highest BCUT2D eigenvalue weighted by Gasteiger charge is 2.34. The second-order valence-corrected chi connectivity index (χ2v) is 12.0. The number of carbonyl (C=O) groups is 2. The molecule has 2 amide bonds. The number of nitrogens with one attached hydrogen (secondary N) is 1. The smallest absolute Gasteiger partial charge is 0.264 e. The molecular weight excluding hydrogens is 561 g/mol. The maximum atomic E-state index is 14.1. The summed E-state index contributed by atoms with van der Waals surface area (Å²) in [6.07, 6.45) is 0.270. The maximum Gasteiger partial charge on any atom is 0.264 e. The predicted octanol–water partition coefficient (Wildman–Crippen LogP) is 4.68. The molecule has 0 fully saturated rings. The molecule has 1 N–H and O–H groups in total. The molecule has 9 nitrogen and oxygen atoms in total. The minimum atomic E-state index is -4.25. The number of carbonyl (C=O) groups excluding carboxylic acids is 2. The Morgan fingerprint density at radius 2 is 1.55 bits per heavy atom. The first kappa shape index (κ1) is 32.4. The second-order valence-electron chi connectivity index (χ2n) is 10.1. The van der Waals surface area contributed by atoms with Crippen LogP contribution in [-0.4, -0.2) is 58.0 Å². The Hall–Kier alpha value is -4.12. The van der Waals surface area contributed by atoms with Crippen molar-refractivity contribution in [1.82, 2.24) is 10.2 Å². The molecule has 3 rings (SSSR count). The summed E-state index contributed by atoms with van der Waals surface area (Å²) in [5, 5.41) is 2.84. The summed E-state index contributed by atoms with van der Waals surface area (Å²) in [6, 6.07) is 15.4. The fourth-order valence-corrected chi connectivity index (χ4v) is 5.84. The minimum Gasteiger partial charge on any atom is -0.493 e. The molecule has 0 spiro atoms. The third kappa shape index (κ3) is 7.79. The molecular formula is C31H38FN3O6S. The normalized spacial score (nSPS) is 12.0. The summed E-state index contributed by atoms with van der Waals surface area (Å²) >= 11 is 0. The van der Waals surface area contributed by atoms with Gasteiger partial charge in [-0.2, -0.15) is 0 Å². The molecule has 0 aromatic heterocycles. The Bertz CT molecular complexity index is 1480. The predicted molar refractivity (Wildman–Crippen MR) is 160 cm³/mol. The van der Waals surface area contributed by atoms with Crippen LogP contribution in [0.4, 0.5) is 10.1 Å². The van der Waals surface area contributed by atoms with Gasteiger partial charge in [-0.1, -0.05) is 36.8 Å². The lowest BCUT2D eigenvalue weighted by atomic mass is 10.1. The van der Waals surface area contributed by atoms with Gasteiger partial charge in [0.15, 0.2) is 11.5 Å². The first-order valence-corrected chi connectivity index (χ1v) is 15.0. The third-order valence-corrected chi connectivity index (χ3v) is 8.41.